The molecule has 46 heavy (non-hydrogen) atoms. The number of piperazine rings is 2. The summed E-state index contributed by atoms with van der Waals surface area (Å²) in [4.78, 5) is 20.8. The normalized spacial score (nSPS) is 35.2. The van der Waals surface area contributed by atoms with Gasteiger partial charge < -0.3 is 14.5 Å². The van der Waals surface area contributed by atoms with Crippen molar-refractivity contribution in [2.24, 2.45) is 35.5 Å². The summed E-state index contributed by atoms with van der Waals surface area (Å²) in [5.41, 5.74) is 2.60. The maximum Gasteiger partial charge on any atom is 0.269 e. The standard InChI is InChI=1S/C21H30N2O.C17H23N3O2/c1-24-20-4-2-3-19(14-20)22-5-7-23(8-6-22)21-17-10-15-9-16(12-17)13-18(21)11-15;21-20(22)16-5-3-15(4-6-16)18-7-9-19(10-8-18)17-12-13-1-2-14(17)11-13/h2-4,14-18,21H,5-13H2,1H3;3-6,13-14,17H,1-2,7-12H2. The molecule has 2 aliphatic heterocycles. The summed E-state index contributed by atoms with van der Waals surface area (Å²) in [6, 6.07) is 17.3. The van der Waals surface area contributed by atoms with E-state index in [4.69, 9.17) is 4.74 Å². The van der Waals surface area contributed by atoms with E-state index in [9.17, 15) is 10.1 Å². The Morgan fingerprint density at radius 1 is 0.652 bits per heavy atom. The second-order valence-electron chi connectivity index (χ2n) is 15.7. The number of rotatable bonds is 6. The van der Waals surface area contributed by atoms with Gasteiger partial charge >= 0.3 is 0 Å². The maximum atomic E-state index is 10.7. The number of ether oxygens (including phenoxy) is 1. The van der Waals surface area contributed by atoms with Crippen LogP contribution in [0.2, 0.25) is 0 Å². The molecule has 0 amide bonds. The summed E-state index contributed by atoms with van der Waals surface area (Å²) in [6.07, 6.45) is 13.5. The number of nitro benzene ring substituents is 1. The Bertz CT molecular complexity index is 1320. The van der Waals surface area contributed by atoms with Gasteiger partial charge in [0.15, 0.2) is 0 Å². The summed E-state index contributed by atoms with van der Waals surface area (Å²) in [6.45, 7) is 9.13. The van der Waals surface area contributed by atoms with Gasteiger partial charge in [0.1, 0.15) is 5.75 Å². The number of non-ortho nitro benzene ring substituents is 1. The van der Waals surface area contributed by atoms with Crippen molar-refractivity contribution in [3.05, 3.63) is 58.6 Å². The van der Waals surface area contributed by atoms with Crippen molar-refractivity contribution < 1.29 is 9.66 Å². The fourth-order valence-corrected chi connectivity index (χ4v) is 11.3. The third-order valence-electron chi connectivity index (χ3n) is 13.2. The number of nitro groups is 1. The van der Waals surface area contributed by atoms with E-state index in [-0.39, 0.29) is 10.6 Å². The molecule has 0 radical (unpaired) electrons. The number of fused-ring (bicyclic) bond motifs is 2. The Morgan fingerprint density at radius 3 is 1.83 bits per heavy atom. The molecule has 10 rings (SSSR count). The average molecular weight is 628 g/mol. The Labute approximate surface area is 275 Å². The van der Waals surface area contributed by atoms with E-state index in [0.717, 1.165) is 98.3 Å². The molecule has 8 fully saturated rings. The summed E-state index contributed by atoms with van der Waals surface area (Å²) in [7, 11) is 1.75. The molecule has 3 unspecified atom stereocenters. The molecule has 8 heteroatoms. The van der Waals surface area contributed by atoms with Crippen molar-refractivity contribution in [2.45, 2.75) is 69.9 Å². The van der Waals surface area contributed by atoms with Gasteiger partial charge in [-0.2, -0.15) is 0 Å². The summed E-state index contributed by atoms with van der Waals surface area (Å²) < 4.78 is 5.39. The van der Waals surface area contributed by atoms with E-state index in [1.807, 2.05) is 18.2 Å². The van der Waals surface area contributed by atoms with Crippen molar-refractivity contribution in [3.8, 4) is 5.75 Å². The van der Waals surface area contributed by atoms with E-state index in [1.54, 1.807) is 25.7 Å². The van der Waals surface area contributed by atoms with Gasteiger partial charge in [-0.15, -0.1) is 0 Å². The molecule has 0 spiro atoms. The zero-order valence-electron chi connectivity index (χ0n) is 27.7. The lowest BCUT2D eigenvalue weighted by atomic mass is 9.54. The maximum absolute atomic E-state index is 10.7. The Morgan fingerprint density at radius 2 is 1.26 bits per heavy atom. The smallest absolute Gasteiger partial charge is 0.269 e. The minimum Gasteiger partial charge on any atom is -0.497 e. The second-order valence-corrected chi connectivity index (χ2v) is 15.7. The molecule has 6 aliphatic carbocycles. The zero-order chi connectivity index (χ0) is 31.2. The molecule has 2 aromatic rings. The van der Waals surface area contributed by atoms with Crippen LogP contribution in [0.15, 0.2) is 48.5 Å². The highest BCUT2D eigenvalue weighted by Crippen LogP contribution is 2.55. The lowest BCUT2D eigenvalue weighted by molar-refractivity contribution is -0.384. The third-order valence-corrected chi connectivity index (χ3v) is 13.2. The number of hydrogen-bond donors (Lipinski definition) is 0. The van der Waals surface area contributed by atoms with E-state index in [2.05, 4.69) is 37.8 Å². The van der Waals surface area contributed by atoms with Crippen LogP contribution in [0.25, 0.3) is 0 Å². The highest BCUT2D eigenvalue weighted by molar-refractivity contribution is 5.52. The van der Waals surface area contributed by atoms with Crippen LogP contribution < -0.4 is 14.5 Å². The molecule has 0 N–H and O–H groups in total. The summed E-state index contributed by atoms with van der Waals surface area (Å²) in [5, 5.41) is 10.7. The van der Waals surface area contributed by atoms with E-state index in [1.165, 1.54) is 70.1 Å². The van der Waals surface area contributed by atoms with E-state index >= 15 is 0 Å². The first-order valence-corrected chi connectivity index (χ1v) is 18.4. The Kier molecular flexibility index (Phi) is 8.61. The molecule has 6 saturated carbocycles. The topological polar surface area (TPSA) is 65.3 Å². The number of benzene rings is 2. The molecule has 0 aromatic heterocycles. The zero-order valence-corrected chi connectivity index (χ0v) is 27.7. The van der Waals surface area contributed by atoms with Gasteiger partial charge in [0, 0.05) is 94.0 Å². The SMILES string of the molecule is COc1cccc(N2CCN(C3C4CC5CC(C4)CC3C5)CC2)c1.O=[N+]([O-])c1ccc(N2CCN(C3CC4CCC3C4)CC2)cc1. The summed E-state index contributed by atoms with van der Waals surface area (Å²) in [5.74, 6) is 7.13. The fourth-order valence-electron chi connectivity index (χ4n) is 11.3. The molecule has 2 heterocycles. The van der Waals surface area contributed by atoms with Crippen LogP contribution in [-0.4, -0.2) is 86.3 Å². The fraction of sp³-hybridized carbons (Fsp3) is 0.684. The molecular formula is C38H53N5O3. The third kappa shape index (κ3) is 6.12. The van der Waals surface area contributed by atoms with Gasteiger partial charge in [-0.05, 0) is 111 Å². The van der Waals surface area contributed by atoms with Crippen molar-refractivity contribution in [1.82, 2.24) is 9.80 Å². The summed E-state index contributed by atoms with van der Waals surface area (Å²) >= 11 is 0. The molecule has 248 valence electrons. The average Bonchev–Trinajstić information content (AvgIpc) is 3.73. The first-order valence-electron chi connectivity index (χ1n) is 18.4. The van der Waals surface area contributed by atoms with Crippen LogP contribution in [0.4, 0.5) is 17.1 Å². The van der Waals surface area contributed by atoms with Gasteiger partial charge in [-0.1, -0.05) is 12.5 Å². The van der Waals surface area contributed by atoms with Gasteiger partial charge in [-0.25, -0.2) is 0 Å². The Hall–Kier alpha value is -2.84. The first kappa shape index (κ1) is 30.5. The van der Waals surface area contributed by atoms with Gasteiger partial charge in [0.2, 0.25) is 0 Å². The van der Waals surface area contributed by atoms with E-state index in [0.29, 0.717) is 0 Å². The Balaban J connectivity index is 0.000000136. The van der Waals surface area contributed by atoms with Gasteiger partial charge in [0.05, 0.1) is 12.0 Å². The van der Waals surface area contributed by atoms with Gasteiger partial charge in [-0.3, -0.25) is 19.9 Å². The van der Waals surface area contributed by atoms with Crippen molar-refractivity contribution in [3.63, 3.8) is 0 Å². The minimum absolute atomic E-state index is 0.171. The number of methoxy groups -OCH3 is 1. The number of nitrogens with zero attached hydrogens (tertiary/aromatic N) is 5. The lowest BCUT2D eigenvalue weighted by Crippen LogP contribution is -2.60. The molecule has 3 atom stereocenters. The molecular weight excluding hydrogens is 574 g/mol. The monoisotopic (exact) mass is 627 g/mol. The van der Waals surface area contributed by atoms with Crippen LogP contribution in [0.1, 0.15) is 57.8 Å². The number of anilines is 2. The van der Waals surface area contributed by atoms with Crippen LogP contribution in [0.3, 0.4) is 0 Å². The first-order chi connectivity index (χ1) is 22.5. The molecule has 8 aliphatic rings. The van der Waals surface area contributed by atoms with Crippen LogP contribution in [0.5, 0.6) is 5.75 Å². The van der Waals surface area contributed by atoms with Crippen molar-refractivity contribution in [1.29, 1.82) is 0 Å². The molecule has 2 saturated heterocycles. The molecule has 6 bridgehead atoms. The second kappa shape index (κ2) is 13.0. The molecule has 8 nitrogen and oxygen atoms in total. The number of hydrogen-bond acceptors (Lipinski definition) is 7. The van der Waals surface area contributed by atoms with Crippen molar-refractivity contribution >= 4 is 17.1 Å². The predicted octanol–water partition coefficient (Wildman–Crippen LogP) is 6.55. The quantitative estimate of drug-likeness (QED) is 0.266. The van der Waals surface area contributed by atoms with Crippen LogP contribution >= 0.6 is 0 Å². The van der Waals surface area contributed by atoms with Crippen molar-refractivity contribution in [2.75, 3.05) is 69.3 Å². The predicted molar refractivity (Wildman–Crippen MR) is 184 cm³/mol. The van der Waals surface area contributed by atoms with Gasteiger partial charge in [0.25, 0.3) is 5.69 Å². The van der Waals surface area contributed by atoms with E-state index < -0.39 is 0 Å². The van der Waals surface area contributed by atoms with Crippen LogP contribution in [0, 0.1) is 45.6 Å². The highest BCUT2D eigenvalue weighted by atomic mass is 16.6. The minimum atomic E-state index is -0.336. The highest BCUT2D eigenvalue weighted by Gasteiger charge is 2.50. The van der Waals surface area contributed by atoms with Crippen LogP contribution in [-0.2, 0) is 0 Å². The largest absolute Gasteiger partial charge is 0.497 e. The lowest BCUT2D eigenvalue weighted by Gasteiger charge is -2.58. The molecule has 2 aromatic carbocycles.